The highest BCUT2D eigenvalue weighted by Crippen LogP contribution is 2.14. The lowest BCUT2D eigenvalue weighted by atomic mass is 10.1. The summed E-state index contributed by atoms with van der Waals surface area (Å²) in [6.45, 7) is 4.91. The van der Waals surface area contributed by atoms with Gasteiger partial charge in [0.2, 0.25) is 5.91 Å². The predicted molar refractivity (Wildman–Crippen MR) is 95.6 cm³/mol. The minimum absolute atomic E-state index is 0.195. The summed E-state index contributed by atoms with van der Waals surface area (Å²) in [5.74, 6) is -1.12. The van der Waals surface area contributed by atoms with Crippen molar-refractivity contribution in [3.8, 4) is 11.4 Å². The van der Waals surface area contributed by atoms with Crippen molar-refractivity contribution >= 4 is 11.9 Å². The van der Waals surface area contributed by atoms with Crippen LogP contribution in [0.1, 0.15) is 31.5 Å². The molecular formula is C18H22N4O4. The molecule has 0 saturated carbocycles. The third-order valence-electron chi connectivity index (χ3n) is 4.23. The van der Waals surface area contributed by atoms with E-state index in [4.69, 9.17) is 5.11 Å². The molecule has 0 spiro atoms. The maximum Gasteiger partial charge on any atom is 0.323 e. The van der Waals surface area contributed by atoms with Crippen LogP contribution >= 0.6 is 0 Å². The van der Waals surface area contributed by atoms with Crippen LogP contribution in [0.25, 0.3) is 11.4 Å². The molecule has 0 radical (unpaired) electrons. The Bertz CT molecular complexity index is 848. The fourth-order valence-electron chi connectivity index (χ4n) is 2.57. The molecule has 0 aliphatic heterocycles. The molecule has 1 amide bonds. The molecule has 8 heteroatoms. The van der Waals surface area contributed by atoms with Gasteiger partial charge in [-0.3, -0.25) is 19.4 Å². The molecule has 2 heterocycles. The first kappa shape index (κ1) is 19.3. The van der Waals surface area contributed by atoms with Crippen LogP contribution in [0.5, 0.6) is 0 Å². The smallest absolute Gasteiger partial charge is 0.323 e. The van der Waals surface area contributed by atoms with Crippen LogP contribution in [0.15, 0.2) is 29.3 Å². The predicted octanol–water partition coefficient (Wildman–Crippen LogP) is 1.39. The Balaban J connectivity index is 2.30. The maximum atomic E-state index is 12.6. The van der Waals surface area contributed by atoms with Crippen LogP contribution in [0.2, 0.25) is 0 Å². The van der Waals surface area contributed by atoms with E-state index in [-0.39, 0.29) is 18.0 Å². The third-order valence-corrected chi connectivity index (χ3v) is 4.23. The van der Waals surface area contributed by atoms with Crippen molar-refractivity contribution in [1.82, 2.24) is 19.9 Å². The number of pyridine rings is 1. The molecule has 0 aromatic carbocycles. The first-order valence-electron chi connectivity index (χ1n) is 8.35. The van der Waals surface area contributed by atoms with Crippen LogP contribution in [-0.2, 0) is 16.0 Å². The lowest BCUT2D eigenvalue weighted by molar-refractivity contribution is -0.145. The van der Waals surface area contributed by atoms with Crippen molar-refractivity contribution in [2.75, 3.05) is 6.54 Å². The number of carbonyl (C=O) groups is 2. The highest BCUT2D eigenvalue weighted by molar-refractivity contribution is 5.83. The second-order valence-corrected chi connectivity index (χ2v) is 6.07. The number of aromatic nitrogens is 3. The van der Waals surface area contributed by atoms with Crippen molar-refractivity contribution in [2.45, 2.75) is 39.7 Å². The summed E-state index contributed by atoms with van der Waals surface area (Å²) in [5.41, 5.74) is 0.920. The molecule has 0 aliphatic carbocycles. The van der Waals surface area contributed by atoms with E-state index in [1.165, 1.54) is 4.90 Å². The molecule has 2 aromatic heterocycles. The molecular weight excluding hydrogens is 336 g/mol. The Morgan fingerprint density at radius 3 is 2.65 bits per heavy atom. The van der Waals surface area contributed by atoms with Gasteiger partial charge in [-0.05, 0) is 32.4 Å². The van der Waals surface area contributed by atoms with E-state index in [1.54, 1.807) is 38.4 Å². The molecule has 138 valence electrons. The number of hydrogen-bond acceptors (Lipinski definition) is 5. The van der Waals surface area contributed by atoms with Crippen LogP contribution in [0, 0.1) is 6.92 Å². The Labute approximate surface area is 150 Å². The monoisotopic (exact) mass is 358 g/mol. The second kappa shape index (κ2) is 8.37. The van der Waals surface area contributed by atoms with E-state index < -0.39 is 24.0 Å². The number of carbonyl (C=O) groups excluding carboxylic acids is 1. The van der Waals surface area contributed by atoms with Gasteiger partial charge in [-0.15, -0.1) is 0 Å². The van der Waals surface area contributed by atoms with Gasteiger partial charge in [-0.1, -0.05) is 6.92 Å². The molecule has 2 rings (SSSR count). The van der Waals surface area contributed by atoms with Gasteiger partial charge < -0.3 is 15.0 Å². The van der Waals surface area contributed by atoms with Crippen LogP contribution in [0.4, 0.5) is 0 Å². The first-order chi connectivity index (χ1) is 12.3. The minimum Gasteiger partial charge on any atom is -0.480 e. The standard InChI is InChI=1S/C18H22N4O4/c1-4-11(2)22(10-16(24)25)15(23)8-14-12(3)20-17(21-18(14)26)13-6-5-7-19-9-13/h5-7,9,11H,4,8,10H2,1-3H3,(H,24,25)(H,20,21,26). The zero-order valence-corrected chi connectivity index (χ0v) is 15.0. The van der Waals surface area contributed by atoms with Gasteiger partial charge in [0.25, 0.3) is 5.56 Å². The van der Waals surface area contributed by atoms with Gasteiger partial charge in [0.05, 0.1) is 6.42 Å². The van der Waals surface area contributed by atoms with Crippen molar-refractivity contribution in [3.05, 3.63) is 46.1 Å². The SMILES string of the molecule is CCC(C)N(CC(=O)O)C(=O)Cc1c(C)nc(-c2cccnc2)[nH]c1=O. The summed E-state index contributed by atoms with van der Waals surface area (Å²) in [6, 6.07) is 3.27. The van der Waals surface area contributed by atoms with Gasteiger partial charge in [0, 0.05) is 35.3 Å². The Morgan fingerprint density at radius 1 is 1.38 bits per heavy atom. The number of nitrogens with one attached hydrogen (secondary N) is 1. The molecule has 2 aromatic rings. The summed E-state index contributed by atoms with van der Waals surface area (Å²) in [6.07, 6.45) is 3.62. The van der Waals surface area contributed by atoms with Crippen molar-refractivity contribution in [2.24, 2.45) is 0 Å². The molecule has 0 aliphatic rings. The molecule has 0 saturated heterocycles. The van der Waals surface area contributed by atoms with Gasteiger partial charge in [0.1, 0.15) is 12.4 Å². The van der Waals surface area contributed by atoms with Gasteiger partial charge >= 0.3 is 5.97 Å². The van der Waals surface area contributed by atoms with Gasteiger partial charge in [0.15, 0.2) is 0 Å². The molecule has 0 fully saturated rings. The number of nitrogens with zero attached hydrogens (tertiary/aromatic N) is 3. The second-order valence-electron chi connectivity index (χ2n) is 6.07. The maximum absolute atomic E-state index is 12.6. The van der Waals surface area contributed by atoms with Crippen LogP contribution in [0.3, 0.4) is 0 Å². The zero-order chi connectivity index (χ0) is 19.3. The van der Waals surface area contributed by atoms with E-state index in [1.807, 2.05) is 6.92 Å². The number of aromatic amines is 1. The average Bonchev–Trinajstić information content (AvgIpc) is 2.62. The molecule has 8 nitrogen and oxygen atoms in total. The number of amides is 1. The fraction of sp³-hybridized carbons (Fsp3) is 0.389. The van der Waals surface area contributed by atoms with E-state index in [2.05, 4.69) is 15.0 Å². The average molecular weight is 358 g/mol. The number of rotatable bonds is 7. The zero-order valence-electron chi connectivity index (χ0n) is 15.0. The number of carboxylic acid groups (broad SMARTS) is 1. The highest BCUT2D eigenvalue weighted by Gasteiger charge is 2.23. The quantitative estimate of drug-likeness (QED) is 0.773. The van der Waals surface area contributed by atoms with E-state index in [0.717, 1.165) is 0 Å². The van der Waals surface area contributed by atoms with Crippen LogP contribution < -0.4 is 5.56 Å². The van der Waals surface area contributed by atoms with Crippen molar-refractivity contribution in [1.29, 1.82) is 0 Å². The molecule has 2 N–H and O–H groups in total. The number of aliphatic carboxylic acids is 1. The Morgan fingerprint density at radius 2 is 2.12 bits per heavy atom. The van der Waals surface area contributed by atoms with E-state index in [0.29, 0.717) is 23.5 Å². The van der Waals surface area contributed by atoms with Crippen molar-refractivity contribution in [3.63, 3.8) is 0 Å². The largest absolute Gasteiger partial charge is 0.480 e. The van der Waals surface area contributed by atoms with Crippen LogP contribution in [-0.4, -0.2) is 49.4 Å². The molecule has 1 unspecified atom stereocenters. The van der Waals surface area contributed by atoms with Gasteiger partial charge in [-0.25, -0.2) is 4.98 Å². The first-order valence-corrected chi connectivity index (χ1v) is 8.35. The summed E-state index contributed by atoms with van der Waals surface area (Å²) in [7, 11) is 0. The molecule has 1 atom stereocenters. The lowest BCUT2D eigenvalue weighted by Crippen LogP contribution is -2.43. The number of carboxylic acids is 1. The highest BCUT2D eigenvalue weighted by atomic mass is 16.4. The normalized spacial score (nSPS) is 11.8. The fourth-order valence-corrected chi connectivity index (χ4v) is 2.57. The van der Waals surface area contributed by atoms with Crippen molar-refractivity contribution < 1.29 is 14.7 Å². The lowest BCUT2D eigenvalue weighted by Gasteiger charge is -2.27. The Hall–Kier alpha value is -3.03. The Kier molecular flexibility index (Phi) is 6.21. The van der Waals surface area contributed by atoms with Gasteiger partial charge in [-0.2, -0.15) is 0 Å². The number of H-pyrrole nitrogens is 1. The number of hydrogen-bond donors (Lipinski definition) is 2. The summed E-state index contributed by atoms with van der Waals surface area (Å²) >= 11 is 0. The number of aryl methyl sites for hydroxylation is 1. The van der Waals surface area contributed by atoms with E-state index >= 15 is 0 Å². The summed E-state index contributed by atoms with van der Waals surface area (Å²) < 4.78 is 0. The summed E-state index contributed by atoms with van der Waals surface area (Å²) in [5, 5.41) is 9.03. The third kappa shape index (κ3) is 4.53. The summed E-state index contributed by atoms with van der Waals surface area (Å²) in [4.78, 5) is 48.4. The molecule has 26 heavy (non-hydrogen) atoms. The van der Waals surface area contributed by atoms with E-state index in [9.17, 15) is 14.4 Å². The topological polar surface area (TPSA) is 116 Å². The molecule has 0 bridgehead atoms. The minimum atomic E-state index is -1.09.